The number of hydrogen-bond donors (Lipinski definition) is 1. The van der Waals surface area contributed by atoms with Gasteiger partial charge in [-0.25, -0.2) is 9.97 Å². The third-order valence-electron chi connectivity index (χ3n) is 5.32. The lowest BCUT2D eigenvalue weighted by Gasteiger charge is -2.34. The zero-order valence-corrected chi connectivity index (χ0v) is 17.5. The molecule has 1 amide bonds. The van der Waals surface area contributed by atoms with Gasteiger partial charge in [0, 0.05) is 43.4 Å². The first-order valence-corrected chi connectivity index (χ1v) is 10.8. The number of fused-ring (bicyclic) bond motifs is 1. The van der Waals surface area contributed by atoms with Crippen LogP contribution in [0.1, 0.15) is 16.3 Å². The van der Waals surface area contributed by atoms with Crippen LogP contribution in [0.5, 0.6) is 0 Å². The molecule has 1 aromatic carbocycles. The summed E-state index contributed by atoms with van der Waals surface area (Å²) in [7, 11) is 0. The highest BCUT2D eigenvalue weighted by atomic mass is 32.1. The lowest BCUT2D eigenvalue weighted by molar-refractivity contribution is 0.0619. The molecule has 0 unspecified atom stereocenters. The molecule has 156 valence electrons. The van der Waals surface area contributed by atoms with E-state index in [0.29, 0.717) is 49.6 Å². The van der Waals surface area contributed by atoms with Crippen molar-refractivity contribution >= 4 is 27.5 Å². The van der Waals surface area contributed by atoms with Crippen LogP contribution in [0.25, 0.3) is 20.7 Å². The zero-order chi connectivity index (χ0) is 21.2. The van der Waals surface area contributed by atoms with Gasteiger partial charge in [0.25, 0.3) is 11.5 Å². The summed E-state index contributed by atoms with van der Waals surface area (Å²) >= 11 is 1.53. The average Bonchev–Trinajstić information content (AvgIpc) is 3.25. The number of aromatic amines is 1. The van der Waals surface area contributed by atoms with Crippen molar-refractivity contribution in [3.63, 3.8) is 0 Å². The van der Waals surface area contributed by atoms with Crippen LogP contribution in [0.2, 0.25) is 0 Å². The van der Waals surface area contributed by atoms with Crippen LogP contribution in [0.15, 0.2) is 59.8 Å². The second-order valence-corrected chi connectivity index (χ2v) is 8.40. The molecule has 0 bridgehead atoms. The maximum absolute atomic E-state index is 12.6. The first-order chi connectivity index (χ1) is 15.2. The van der Waals surface area contributed by atoms with Gasteiger partial charge >= 0.3 is 0 Å². The second kappa shape index (κ2) is 8.37. The van der Waals surface area contributed by atoms with Crippen LogP contribution in [0, 0.1) is 0 Å². The van der Waals surface area contributed by atoms with Crippen molar-refractivity contribution in [1.29, 1.82) is 0 Å². The number of rotatable bonds is 4. The van der Waals surface area contributed by atoms with Gasteiger partial charge < -0.3 is 9.88 Å². The topological polar surface area (TPSA) is 95.1 Å². The van der Waals surface area contributed by atoms with Gasteiger partial charge in [-0.1, -0.05) is 30.3 Å². The van der Waals surface area contributed by atoms with E-state index in [1.807, 2.05) is 36.4 Å². The Kier molecular flexibility index (Phi) is 5.27. The van der Waals surface area contributed by atoms with Gasteiger partial charge in [-0.3, -0.25) is 19.5 Å². The van der Waals surface area contributed by atoms with Crippen molar-refractivity contribution in [3.8, 4) is 10.4 Å². The van der Waals surface area contributed by atoms with Crippen molar-refractivity contribution in [2.24, 2.45) is 0 Å². The summed E-state index contributed by atoms with van der Waals surface area (Å²) in [5, 5.41) is 0.618. The molecule has 0 spiro atoms. The fourth-order valence-corrected chi connectivity index (χ4v) is 4.74. The summed E-state index contributed by atoms with van der Waals surface area (Å²) < 4.78 is 0. The Morgan fingerprint density at radius 1 is 1.10 bits per heavy atom. The molecule has 31 heavy (non-hydrogen) atoms. The Hall–Kier alpha value is -3.43. The fraction of sp³-hybridized carbons (Fsp3) is 0.227. The summed E-state index contributed by atoms with van der Waals surface area (Å²) in [6.45, 7) is 3.13. The third kappa shape index (κ3) is 4.10. The number of thiophene rings is 1. The minimum atomic E-state index is -0.116. The predicted molar refractivity (Wildman–Crippen MR) is 119 cm³/mol. The predicted octanol–water partition coefficient (Wildman–Crippen LogP) is 2.40. The third-order valence-corrected chi connectivity index (χ3v) is 6.40. The monoisotopic (exact) mass is 432 g/mol. The molecule has 5 rings (SSSR count). The van der Waals surface area contributed by atoms with Crippen molar-refractivity contribution in [2.75, 3.05) is 26.2 Å². The molecule has 0 atom stereocenters. The summed E-state index contributed by atoms with van der Waals surface area (Å²) in [5.74, 6) is 0.542. The van der Waals surface area contributed by atoms with Gasteiger partial charge in [0.05, 0.1) is 18.1 Å². The number of benzene rings is 1. The van der Waals surface area contributed by atoms with Crippen LogP contribution in [-0.4, -0.2) is 61.8 Å². The number of nitrogens with one attached hydrogen (secondary N) is 1. The Morgan fingerprint density at radius 2 is 1.90 bits per heavy atom. The van der Waals surface area contributed by atoms with Crippen LogP contribution >= 0.6 is 11.3 Å². The minimum absolute atomic E-state index is 0.104. The molecule has 1 fully saturated rings. The Labute approximate surface area is 182 Å². The number of aromatic nitrogens is 4. The van der Waals surface area contributed by atoms with Crippen molar-refractivity contribution < 1.29 is 4.79 Å². The van der Waals surface area contributed by atoms with Crippen LogP contribution in [-0.2, 0) is 6.54 Å². The van der Waals surface area contributed by atoms with E-state index in [2.05, 4.69) is 19.9 Å². The highest BCUT2D eigenvalue weighted by molar-refractivity contribution is 7.21. The van der Waals surface area contributed by atoms with E-state index in [0.717, 1.165) is 15.3 Å². The van der Waals surface area contributed by atoms with Gasteiger partial charge in [-0.2, -0.15) is 0 Å². The number of H-pyrrole nitrogens is 1. The lowest BCUT2D eigenvalue weighted by Crippen LogP contribution is -2.48. The number of hydrogen-bond acceptors (Lipinski definition) is 7. The second-order valence-electron chi connectivity index (χ2n) is 7.37. The molecule has 4 aromatic rings. The molecular weight excluding hydrogens is 412 g/mol. The molecule has 9 heteroatoms. The molecule has 4 heterocycles. The van der Waals surface area contributed by atoms with Gasteiger partial charge in [0.2, 0.25) is 0 Å². The molecule has 1 saturated heterocycles. The van der Waals surface area contributed by atoms with Crippen molar-refractivity contribution in [1.82, 2.24) is 29.7 Å². The first-order valence-electron chi connectivity index (χ1n) is 10.0. The molecule has 1 aliphatic heterocycles. The van der Waals surface area contributed by atoms with Gasteiger partial charge in [-0.15, -0.1) is 11.3 Å². The zero-order valence-electron chi connectivity index (χ0n) is 16.7. The van der Waals surface area contributed by atoms with E-state index < -0.39 is 0 Å². The quantitative estimate of drug-likeness (QED) is 0.532. The van der Waals surface area contributed by atoms with Crippen LogP contribution in [0.4, 0.5) is 0 Å². The SMILES string of the molecule is O=C(c1cnccn1)N1CCN(Cc2nc3sc(-c4ccccc4)cc3c(=O)[nH]2)CC1. The average molecular weight is 433 g/mol. The van der Waals surface area contributed by atoms with E-state index in [9.17, 15) is 9.59 Å². The molecule has 0 aliphatic carbocycles. The standard InChI is InChI=1S/C22H20N6O2S/c29-20-16-12-18(15-4-2-1-3-5-15)31-21(16)26-19(25-20)14-27-8-10-28(11-9-27)22(30)17-13-23-6-7-24-17/h1-7,12-13H,8-11,14H2,(H,25,26,29). The number of carbonyl (C=O) groups excluding carboxylic acids is 1. The van der Waals surface area contributed by atoms with E-state index in [1.165, 1.54) is 23.7 Å². The molecule has 1 N–H and O–H groups in total. The number of carbonyl (C=O) groups is 1. The fourth-order valence-electron chi connectivity index (χ4n) is 3.69. The summed E-state index contributed by atoms with van der Waals surface area (Å²) in [6, 6.07) is 11.9. The molecular formula is C22H20N6O2S. The summed E-state index contributed by atoms with van der Waals surface area (Å²) in [4.78, 5) is 46.6. The van der Waals surface area contributed by atoms with E-state index in [1.54, 1.807) is 11.1 Å². The Balaban J connectivity index is 1.28. The van der Waals surface area contributed by atoms with Gasteiger partial charge in [0.15, 0.2) is 0 Å². The number of amides is 1. The van der Waals surface area contributed by atoms with E-state index in [4.69, 9.17) is 4.98 Å². The maximum atomic E-state index is 12.6. The van der Waals surface area contributed by atoms with Gasteiger partial charge in [-0.05, 0) is 11.6 Å². The molecule has 1 aliphatic rings. The molecule has 3 aromatic heterocycles. The van der Waals surface area contributed by atoms with E-state index in [-0.39, 0.29) is 11.5 Å². The highest BCUT2D eigenvalue weighted by Crippen LogP contribution is 2.30. The largest absolute Gasteiger partial charge is 0.335 e. The van der Waals surface area contributed by atoms with Crippen LogP contribution in [0.3, 0.4) is 0 Å². The molecule has 8 nitrogen and oxygen atoms in total. The Morgan fingerprint density at radius 3 is 2.65 bits per heavy atom. The Bertz CT molecular complexity index is 1260. The van der Waals surface area contributed by atoms with Crippen molar-refractivity contribution in [3.05, 3.63) is 76.9 Å². The normalized spacial score (nSPS) is 14.8. The minimum Gasteiger partial charge on any atom is -0.335 e. The molecule has 0 saturated carbocycles. The smallest absolute Gasteiger partial charge is 0.274 e. The first kappa shape index (κ1) is 19.5. The summed E-state index contributed by atoms with van der Waals surface area (Å²) in [6.07, 6.45) is 4.56. The van der Waals surface area contributed by atoms with Crippen LogP contribution < -0.4 is 5.56 Å². The van der Waals surface area contributed by atoms with Crippen molar-refractivity contribution in [2.45, 2.75) is 6.54 Å². The number of piperazine rings is 1. The summed E-state index contributed by atoms with van der Waals surface area (Å²) in [5.41, 5.74) is 1.32. The molecule has 0 radical (unpaired) electrons. The lowest BCUT2D eigenvalue weighted by atomic mass is 10.2. The van der Waals surface area contributed by atoms with E-state index >= 15 is 0 Å². The van der Waals surface area contributed by atoms with Gasteiger partial charge in [0.1, 0.15) is 16.3 Å². The maximum Gasteiger partial charge on any atom is 0.274 e. The number of nitrogens with zero attached hydrogens (tertiary/aromatic N) is 5. The highest BCUT2D eigenvalue weighted by Gasteiger charge is 2.23.